The first-order valence-electron chi connectivity index (χ1n) is 6.08. The molecular formula is C12H20ClN3S. The standard InChI is InChI=1S/C12H20ClN3S/c13-12-5-10(8-17-12)3-9-4-11(15)7-16(6-9)2-1-14/h5,8-9,11H,1-4,6-7,14-15H2. The molecule has 1 aromatic rings. The molecule has 2 heterocycles. The van der Waals surface area contributed by atoms with Gasteiger partial charge in [0, 0.05) is 32.2 Å². The minimum Gasteiger partial charge on any atom is -0.329 e. The van der Waals surface area contributed by atoms with Gasteiger partial charge in [-0.15, -0.1) is 11.3 Å². The highest BCUT2D eigenvalue weighted by Crippen LogP contribution is 2.25. The average molecular weight is 274 g/mol. The van der Waals surface area contributed by atoms with Crippen molar-refractivity contribution in [2.24, 2.45) is 17.4 Å². The summed E-state index contributed by atoms with van der Waals surface area (Å²) in [6.07, 6.45) is 2.19. The summed E-state index contributed by atoms with van der Waals surface area (Å²) in [5.41, 5.74) is 13.0. The van der Waals surface area contributed by atoms with Crippen LogP contribution in [0.3, 0.4) is 0 Å². The molecule has 96 valence electrons. The molecule has 2 atom stereocenters. The van der Waals surface area contributed by atoms with E-state index < -0.39 is 0 Å². The zero-order valence-electron chi connectivity index (χ0n) is 9.94. The van der Waals surface area contributed by atoms with E-state index in [1.807, 2.05) is 0 Å². The maximum absolute atomic E-state index is 6.10. The molecule has 0 bridgehead atoms. The number of hydrogen-bond acceptors (Lipinski definition) is 4. The maximum atomic E-state index is 6.10. The van der Waals surface area contributed by atoms with E-state index in [9.17, 15) is 0 Å². The Hall–Kier alpha value is -0.130. The Labute approximate surface area is 112 Å². The molecule has 17 heavy (non-hydrogen) atoms. The summed E-state index contributed by atoms with van der Waals surface area (Å²) in [6, 6.07) is 2.36. The molecule has 0 saturated carbocycles. The van der Waals surface area contributed by atoms with E-state index in [1.165, 1.54) is 5.56 Å². The van der Waals surface area contributed by atoms with Crippen molar-refractivity contribution in [3.63, 3.8) is 0 Å². The number of rotatable bonds is 4. The lowest BCUT2D eigenvalue weighted by molar-refractivity contribution is 0.160. The average Bonchev–Trinajstić information content (AvgIpc) is 2.63. The van der Waals surface area contributed by atoms with Crippen molar-refractivity contribution >= 4 is 22.9 Å². The third-order valence-electron chi connectivity index (χ3n) is 3.24. The lowest BCUT2D eigenvalue weighted by Crippen LogP contribution is -2.48. The van der Waals surface area contributed by atoms with Crippen LogP contribution in [0.1, 0.15) is 12.0 Å². The van der Waals surface area contributed by atoms with Gasteiger partial charge in [-0.1, -0.05) is 11.6 Å². The van der Waals surface area contributed by atoms with Crippen molar-refractivity contribution in [2.45, 2.75) is 18.9 Å². The van der Waals surface area contributed by atoms with Gasteiger partial charge in [0.15, 0.2) is 0 Å². The maximum Gasteiger partial charge on any atom is 0.0931 e. The molecule has 1 fully saturated rings. The Bertz CT molecular complexity index is 355. The van der Waals surface area contributed by atoms with Gasteiger partial charge in [-0.3, -0.25) is 0 Å². The lowest BCUT2D eigenvalue weighted by Gasteiger charge is -2.36. The fraction of sp³-hybridized carbons (Fsp3) is 0.667. The van der Waals surface area contributed by atoms with E-state index in [0.717, 1.165) is 36.8 Å². The number of halogens is 1. The molecule has 1 saturated heterocycles. The molecule has 4 N–H and O–H groups in total. The molecule has 0 aliphatic carbocycles. The highest BCUT2D eigenvalue weighted by Gasteiger charge is 2.24. The summed E-state index contributed by atoms with van der Waals surface area (Å²) >= 11 is 7.56. The predicted molar refractivity (Wildman–Crippen MR) is 74.6 cm³/mol. The molecular weight excluding hydrogens is 254 g/mol. The first-order chi connectivity index (χ1) is 8.17. The van der Waals surface area contributed by atoms with Gasteiger partial charge in [0.2, 0.25) is 0 Å². The topological polar surface area (TPSA) is 55.3 Å². The van der Waals surface area contributed by atoms with Gasteiger partial charge in [0.05, 0.1) is 4.34 Å². The van der Waals surface area contributed by atoms with Crippen LogP contribution >= 0.6 is 22.9 Å². The van der Waals surface area contributed by atoms with E-state index in [4.69, 9.17) is 23.1 Å². The van der Waals surface area contributed by atoms with Crippen LogP contribution < -0.4 is 11.5 Å². The van der Waals surface area contributed by atoms with E-state index in [1.54, 1.807) is 11.3 Å². The van der Waals surface area contributed by atoms with Crippen LogP contribution in [0.5, 0.6) is 0 Å². The van der Waals surface area contributed by atoms with Gasteiger partial charge >= 0.3 is 0 Å². The van der Waals surface area contributed by atoms with E-state index >= 15 is 0 Å². The summed E-state index contributed by atoms with van der Waals surface area (Å²) in [5.74, 6) is 0.635. The number of nitrogens with zero attached hydrogens (tertiary/aromatic N) is 1. The van der Waals surface area contributed by atoms with E-state index in [0.29, 0.717) is 12.5 Å². The van der Waals surface area contributed by atoms with Crippen molar-refractivity contribution in [1.29, 1.82) is 0 Å². The Morgan fingerprint density at radius 3 is 2.94 bits per heavy atom. The zero-order valence-corrected chi connectivity index (χ0v) is 11.5. The fourth-order valence-corrected chi connectivity index (χ4v) is 3.57. The lowest BCUT2D eigenvalue weighted by atomic mass is 9.90. The Balaban J connectivity index is 1.91. The first-order valence-corrected chi connectivity index (χ1v) is 7.34. The van der Waals surface area contributed by atoms with Crippen LogP contribution in [0.2, 0.25) is 4.34 Å². The smallest absolute Gasteiger partial charge is 0.0931 e. The van der Waals surface area contributed by atoms with Crippen molar-refractivity contribution in [1.82, 2.24) is 4.90 Å². The van der Waals surface area contributed by atoms with Crippen LogP contribution in [-0.2, 0) is 6.42 Å². The van der Waals surface area contributed by atoms with Crippen molar-refractivity contribution in [3.05, 3.63) is 21.3 Å². The summed E-state index contributed by atoms with van der Waals surface area (Å²) in [6.45, 7) is 3.76. The van der Waals surface area contributed by atoms with Crippen molar-refractivity contribution in [3.8, 4) is 0 Å². The quantitative estimate of drug-likeness (QED) is 0.875. The van der Waals surface area contributed by atoms with E-state index in [-0.39, 0.29) is 6.04 Å². The molecule has 1 aliphatic heterocycles. The van der Waals surface area contributed by atoms with Crippen molar-refractivity contribution in [2.75, 3.05) is 26.2 Å². The molecule has 2 unspecified atom stereocenters. The number of likely N-dealkylation sites (tertiary alicyclic amines) is 1. The van der Waals surface area contributed by atoms with Gasteiger partial charge < -0.3 is 16.4 Å². The number of thiophene rings is 1. The SMILES string of the molecule is NCCN1CC(N)CC(Cc2csc(Cl)c2)C1. The number of hydrogen-bond donors (Lipinski definition) is 2. The molecule has 0 radical (unpaired) electrons. The minimum atomic E-state index is 0.286. The highest BCUT2D eigenvalue weighted by atomic mass is 35.5. The minimum absolute atomic E-state index is 0.286. The molecule has 2 rings (SSSR count). The molecule has 0 aromatic carbocycles. The summed E-state index contributed by atoms with van der Waals surface area (Å²) < 4.78 is 0.874. The van der Waals surface area contributed by atoms with Gasteiger partial charge in [0.1, 0.15) is 0 Å². The largest absolute Gasteiger partial charge is 0.329 e. The van der Waals surface area contributed by atoms with E-state index in [2.05, 4.69) is 16.3 Å². The van der Waals surface area contributed by atoms with Gasteiger partial charge in [-0.2, -0.15) is 0 Å². The molecule has 5 heteroatoms. The summed E-state index contributed by atoms with van der Waals surface area (Å²) in [7, 11) is 0. The van der Waals surface area contributed by atoms with Crippen LogP contribution in [0.25, 0.3) is 0 Å². The second-order valence-corrected chi connectivity index (χ2v) is 6.42. The predicted octanol–water partition coefficient (Wildman–Crippen LogP) is 1.55. The van der Waals surface area contributed by atoms with Gasteiger partial charge in [-0.25, -0.2) is 0 Å². The Morgan fingerprint density at radius 1 is 1.47 bits per heavy atom. The third kappa shape index (κ3) is 3.93. The van der Waals surface area contributed by atoms with Crippen LogP contribution in [0.15, 0.2) is 11.4 Å². The normalized spacial score (nSPS) is 26.3. The second-order valence-electron chi connectivity index (χ2n) is 4.87. The molecule has 1 aromatic heterocycles. The van der Waals surface area contributed by atoms with Gasteiger partial charge in [0.25, 0.3) is 0 Å². The van der Waals surface area contributed by atoms with Crippen LogP contribution in [0.4, 0.5) is 0 Å². The number of piperidine rings is 1. The first kappa shape index (κ1) is 13.3. The highest BCUT2D eigenvalue weighted by molar-refractivity contribution is 7.14. The van der Waals surface area contributed by atoms with Crippen molar-refractivity contribution < 1.29 is 0 Å². The summed E-state index contributed by atoms with van der Waals surface area (Å²) in [4.78, 5) is 2.38. The Kier molecular flexibility index (Phi) is 4.82. The monoisotopic (exact) mass is 273 g/mol. The summed E-state index contributed by atoms with van der Waals surface area (Å²) in [5, 5.41) is 2.15. The molecule has 3 nitrogen and oxygen atoms in total. The molecule has 0 amide bonds. The van der Waals surface area contributed by atoms with Crippen LogP contribution in [-0.4, -0.2) is 37.1 Å². The molecule has 0 spiro atoms. The van der Waals surface area contributed by atoms with Crippen LogP contribution in [0, 0.1) is 5.92 Å². The second kappa shape index (κ2) is 6.16. The Morgan fingerprint density at radius 2 is 2.29 bits per heavy atom. The van der Waals surface area contributed by atoms with Gasteiger partial charge in [-0.05, 0) is 35.8 Å². The molecule has 1 aliphatic rings. The fourth-order valence-electron chi connectivity index (χ4n) is 2.65. The zero-order chi connectivity index (χ0) is 12.3. The third-order valence-corrected chi connectivity index (χ3v) is 4.38. The number of nitrogens with two attached hydrogens (primary N) is 2.